The number of pyridine rings is 2. The Bertz CT molecular complexity index is 691. The van der Waals surface area contributed by atoms with Gasteiger partial charge < -0.3 is 10.3 Å². The molecule has 0 amide bonds. The minimum absolute atomic E-state index is 0.126. The summed E-state index contributed by atoms with van der Waals surface area (Å²) in [6.45, 7) is 4.32. The molecule has 0 aliphatic rings. The van der Waals surface area contributed by atoms with E-state index in [0.717, 1.165) is 16.8 Å². The van der Waals surface area contributed by atoms with Crippen molar-refractivity contribution in [2.24, 2.45) is 5.73 Å². The van der Waals surface area contributed by atoms with Crippen LogP contribution in [0.15, 0.2) is 35.4 Å². The lowest BCUT2D eigenvalue weighted by Gasteiger charge is -2.11. The Kier molecular flexibility index (Phi) is 3.76. The molecule has 0 aliphatic carbocycles. The van der Waals surface area contributed by atoms with E-state index < -0.39 is 0 Å². The van der Waals surface area contributed by atoms with Gasteiger partial charge in [-0.15, -0.1) is 0 Å². The molecule has 0 saturated heterocycles. The summed E-state index contributed by atoms with van der Waals surface area (Å²) in [5.41, 5.74) is 8.68. The fraction of sp³-hybridized carbons (Fsp3) is 0.214. The van der Waals surface area contributed by atoms with E-state index in [0.29, 0.717) is 12.1 Å². The lowest BCUT2D eigenvalue weighted by molar-refractivity contribution is 0.725. The molecule has 0 radical (unpaired) electrons. The van der Waals surface area contributed by atoms with Crippen LogP contribution in [0.1, 0.15) is 22.4 Å². The van der Waals surface area contributed by atoms with Crippen molar-refractivity contribution >= 4 is 17.2 Å². The van der Waals surface area contributed by atoms with E-state index in [1.165, 1.54) is 0 Å². The zero-order valence-corrected chi connectivity index (χ0v) is 11.7. The molecule has 98 valence electrons. The summed E-state index contributed by atoms with van der Waals surface area (Å²) >= 11 is 4.89. The maximum Gasteiger partial charge on any atom is 0.261 e. The van der Waals surface area contributed by atoms with Gasteiger partial charge in [0, 0.05) is 18.1 Å². The van der Waals surface area contributed by atoms with Crippen molar-refractivity contribution in [1.29, 1.82) is 0 Å². The highest BCUT2D eigenvalue weighted by atomic mass is 32.1. The zero-order valence-electron chi connectivity index (χ0n) is 10.9. The third-order valence-corrected chi connectivity index (χ3v) is 3.15. The molecule has 0 fully saturated rings. The number of aryl methyl sites for hydroxylation is 2. The molecule has 0 atom stereocenters. The van der Waals surface area contributed by atoms with Crippen LogP contribution < -0.4 is 11.3 Å². The van der Waals surface area contributed by atoms with Crippen molar-refractivity contribution in [2.75, 3.05) is 0 Å². The molecule has 2 heterocycles. The number of thiocarbonyl (C=S) groups is 1. The first-order valence-corrected chi connectivity index (χ1v) is 6.30. The molecule has 0 bridgehead atoms. The summed E-state index contributed by atoms with van der Waals surface area (Å²) in [4.78, 5) is 16.6. The van der Waals surface area contributed by atoms with E-state index in [-0.39, 0.29) is 10.5 Å². The molecule has 2 aromatic heterocycles. The minimum atomic E-state index is -0.158. The normalized spacial score (nSPS) is 10.4. The largest absolute Gasteiger partial charge is 0.389 e. The van der Waals surface area contributed by atoms with Gasteiger partial charge in [-0.2, -0.15) is 0 Å². The summed E-state index contributed by atoms with van der Waals surface area (Å²) < 4.78 is 1.66. The first-order chi connectivity index (χ1) is 8.99. The summed E-state index contributed by atoms with van der Waals surface area (Å²) in [5, 5.41) is 0. The second-order valence-electron chi connectivity index (χ2n) is 4.51. The SMILES string of the molecule is Cc1cncc(Cn2c(C)ccc(C(N)=S)c2=O)c1. The van der Waals surface area contributed by atoms with Crippen LogP contribution in [0.3, 0.4) is 0 Å². The Hall–Kier alpha value is -2.01. The monoisotopic (exact) mass is 273 g/mol. The third kappa shape index (κ3) is 2.88. The molecular formula is C14H15N3OS. The molecule has 2 aromatic rings. The first-order valence-electron chi connectivity index (χ1n) is 5.90. The van der Waals surface area contributed by atoms with Crippen LogP contribution in [0.4, 0.5) is 0 Å². The Balaban J connectivity index is 2.48. The molecule has 0 unspecified atom stereocenters. The van der Waals surface area contributed by atoms with Gasteiger partial charge in [0.25, 0.3) is 5.56 Å². The second kappa shape index (κ2) is 5.32. The van der Waals surface area contributed by atoms with Crippen LogP contribution in [0.5, 0.6) is 0 Å². The number of hydrogen-bond acceptors (Lipinski definition) is 3. The smallest absolute Gasteiger partial charge is 0.261 e. The number of rotatable bonds is 3. The Labute approximate surface area is 116 Å². The molecule has 2 N–H and O–H groups in total. The molecule has 0 aromatic carbocycles. The van der Waals surface area contributed by atoms with Crippen molar-refractivity contribution in [2.45, 2.75) is 20.4 Å². The number of hydrogen-bond donors (Lipinski definition) is 1. The molecule has 2 rings (SSSR count). The quantitative estimate of drug-likeness (QED) is 0.862. The van der Waals surface area contributed by atoms with Gasteiger partial charge in [0.2, 0.25) is 0 Å². The van der Waals surface area contributed by atoms with Gasteiger partial charge in [0.05, 0.1) is 12.1 Å². The molecule has 0 saturated carbocycles. The van der Waals surface area contributed by atoms with E-state index in [1.807, 2.05) is 26.0 Å². The lowest BCUT2D eigenvalue weighted by Crippen LogP contribution is -2.30. The fourth-order valence-corrected chi connectivity index (χ4v) is 2.10. The van der Waals surface area contributed by atoms with Gasteiger partial charge >= 0.3 is 0 Å². The maximum atomic E-state index is 12.3. The van der Waals surface area contributed by atoms with Crippen molar-refractivity contribution in [3.8, 4) is 0 Å². The van der Waals surface area contributed by atoms with Gasteiger partial charge in [-0.05, 0) is 37.1 Å². The van der Waals surface area contributed by atoms with E-state index in [9.17, 15) is 4.79 Å². The average Bonchev–Trinajstić information content (AvgIpc) is 2.34. The molecule has 0 aliphatic heterocycles. The predicted molar refractivity (Wildman–Crippen MR) is 79.4 cm³/mol. The van der Waals surface area contributed by atoms with Crippen LogP contribution in [0, 0.1) is 13.8 Å². The zero-order chi connectivity index (χ0) is 14.0. The van der Waals surface area contributed by atoms with Crippen molar-refractivity contribution in [1.82, 2.24) is 9.55 Å². The summed E-state index contributed by atoms with van der Waals surface area (Å²) in [6, 6.07) is 5.52. The molecule has 19 heavy (non-hydrogen) atoms. The Morgan fingerprint density at radius 2 is 2.11 bits per heavy atom. The highest BCUT2D eigenvalue weighted by molar-refractivity contribution is 7.80. The number of nitrogens with two attached hydrogens (primary N) is 1. The Morgan fingerprint density at radius 1 is 1.37 bits per heavy atom. The van der Waals surface area contributed by atoms with Crippen molar-refractivity contribution in [3.05, 3.63) is 63.3 Å². The fourth-order valence-electron chi connectivity index (χ4n) is 1.94. The summed E-state index contributed by atoms with van der Waals surface area (Å²) in [5.74, 6) is 0. The van der Waals surface area contributed by atoms with Crippen LogP contribution in [-0.2, 0) is 6.54 Å². The van der Waals surface area contributed by atoms with Crippen LogP contribution >= 0.6 is 12.2 Å². The maximum absolute atomic E-state index is 12.3. The van der Waals surface area contributed by atoms with E-state index >= 15 is 0 Å². The highest BCUT2D eigenvalue weighted by Crippen LogP contribution is 2.06. The minimum Gasteiger partial charge on any atom is -0.389 e. The molecule has 0 spiro atoms. The van der Waals surface area contributed by atoms with E-state index in [1.54, 1.807) is 23.0 Å². The number of nitrogens with zero attached hydrogens (tertiary/aromatic N) is 2. The topological polar surface area (TPSA) is 60.9 Å². The first kappa shape index (κ1) is 13.4. The van der Waals surface area contributed by atoms with Gasteiger partial charge in [0.1, 0.15) is 4.99 Å². The second-order valence-corrected chi connectivity index (χ2v) is 4.95. The van der Waals surface area contributed by atoms with Crippen LogP contribution in [0.2, 0.25) is 0 Å². The third-order valence-electron chi connectivity index (χ3n) is 2.93. The van der Waals surface area contributed by atoms with Crippen molar-refractivity contribution in [3.63, 3.8) is 0 Å². The van der Waals surface area contributed by atoms with E-state index in [4.69, 9.17) is 18.0 Å². The highest BCUT2D eigenvalue weighted by Gasteiger charge is 2.09. The van der Waals surface area contributed by atoms with Gasteiger partial charge in [-0.25, -0.2) is 0 Å². The number of aromatic nitrogens is 2. The summed E-state index contributed by atoms with van der Waals surface area (Å²) in [7, 11) is 0. The van der Waals surface area contributed by atoms with Gasteiger partial charge in [0.15, 0.2) is 0 Å². The average molecular weight is 273 g/mol. The van der Waals surface area contributed by atoms with Crippen LogP contribution in [0.25, 0.3) is 0 Å². The molecule has 5 heteroatoms. The predicted octanol–water partition coefficient (Wildman–Crippen LogP) is 1.54. The molecule has 4 nitrogen and oxygen atoms in total. The Morgan fingerprint density at radius 3 is 2.74 bits per heavy atom. The van der Waals surface area contributed by atoms with Crippen LogP contribution in [-0.4, -0.2) is 14.5 Å². The van der Waals surface area contributed by atoms with Crippen molar-refractivity contribution < 1.29 is 0 Å². The van der Waals surface area contributed by atoms with Gasteiger partial charge in [-0.1, -0.05) is 18.3 Å². The van der Waals surface area contributed by atoms with E-state index in [2.05, 4.69) is 4.98 Å². The standard InChI is InChI=1S/C14H15N3OS/c1-9-5-11(7-16-6-9)8-17-10(2)3-4-12(13(15)19)14(17)18/h3-7H,8H2,1-2H3,(H2,15,19). The lowest BCUT2D eigenvalue weighted by atomic mass is 10.2. The summed E-state index contributed by atoms with van der Waals surface area (Å²) in [6.07, 6.45) is 3.54. The molecular weight excluding hydrogens is 258 g/mol. The van der Waals surface area contributed by atoms with Gasteiger partial charge in [-0.3, -0.25) is 9.78 Å².